The highest BCUT2D eigenvalue weighted by atomic mass is 127. The molecular weight excluding hydrogens is 454 g/mol. The number of hydrogen-bond acceptors (Lipinski definition) is 1. The molecule has 18 heavy (non-hydrogen) atoms. The summed E-state index contributed by atoms with van der Waals surface area (Å²) < 4.78 is 7.96. The van der Waals surface area contributed by atoms with Crippen molar-refractivity contribution in [2.45, 2.75) is 26.9 Å². The molecule has 3 nitrogen and oxygen atoms in total. The first-order chi connectivity index (χ1) is 7.22. The molecule has 0 aromatic heterocycles. The van der Waals surface area contributed by atoms with Gasteiger partial charge in [0.25, 0.3) is 0 Å². The molecule has 0 heterocycles. The lowest BCUT2D eigenvalue weighted by molar-refractivity contribution is -0.894. The Bertz CT molecular complexity index is 199. The minimum absolute atomic E-state index is 0. The molecule has 0 radical (unpaired) electrons. The predicted molar refractivity (Wildman–Crippen MR) is 70.4 cm³/mol. The van der Waals surface area contributed by atoms with Crippen LogP contribution in [0.1, 0.15) is 20.8 Å². The predicted octanol–water partition coefficient (Wildman–Crippen LogP) is -4.41. The molecule has 0 saturated heterocycles. The summed E-state index contributed by atoms with van der Waals surface area (Å²) in [4.78, 5) is 0. The minimum Gasteiger partial charge on any atom is -1.00 e. The molecule has 1 unspecified atom stereocenters. The van der Waals surface area contributed by atoms with E-state index in [-0.39, 0.29) is 48.0 Å². The van der Waals surface area contributed by atoms with Gasteiger partial charge in [-0.3, -0.25) is 0 Å². The molecule has 0 bridgehead atoms. The third-order valence-corrected chi connectivity index (χ3v) is 3.56. The van der Waals surface area contributed by atoms with E-state index in [1.54, 1.807) is 0 Å². The van der Waals surface area contributed by atoms with Gasteiger partial charge in [0.1, 0.15) is 19.2 Å². The van der Waals surface area contributed by atoms with E-state index >= 15 is 0 Å². The molecule has 0 spiro atoms. The zero-order valence-corrected chi connectivity index (χ0v) is 17.5. The van der Waals surface area contributed by atoms with Crippen molar-refractivity contribution in [3.63, 3.8) is 0 Å². The highest BCUT2D eigenvalue weighted by molar-refractivity contribution is 4.47. The average Bonchev–Trinajstić information content (AvgIpc) is 2.17. The summed E-state index contributed by atoms with van der Waals surface area (Å²) in [6, 6.07) is 0. The smallest absolute Gasteiger partial charge is 0.105 e. The number of halogens is 2. The number of likely N-dealkylation sites (N-methyl/N-ethyl adjacent to an activating group) is 2. The Kier molecular flexibility index (Phi) is 15.0. The summed E-state index contributed by atoms with van der Waals surface area (Å²) in [6.07, 6.45) is 0.354. The van der Waals surface area contributed by atoms with Gasteiger partial charge in [0.15, 0.2) is 0 Å². The van der Waals surface area contributed by atoms with Gasteiger partial charge in [-0.15, -0.1) is 0 Å². The summed E-state index contributed by atoms with van der Waals surface area (Å²) in [5.41, 5.74) is 0. The molecule has 114 valence electrons. The second-order valence-corrected chi connectivity index (χ2v) is 6.09. The van der Waals surface area contributed by atoms with Crippen molar-refractivity contribution in [2.24, 2.45) is 0 Å². The second kappa shape index (κ2) is 11.0. The third-order valence-electron chi connectivity index (χ3n) is 3.56. The van der Waals surface area contributed by atoms with Crippen LogP contribution in [0.15, 0.2) is 0 Å². The van der Waals surface area contributed by atoms with Gasteiger partial charge in [-0.1, -0.05) is 0 Å². The minimum atomic E-state index is 0. The second-order valence-electron chi connectivity index (χ2n) is 6.09. The highest BCUT2D eigenvalue weighted by Crippen LogP contribution is 2.03. The van der Waals surface area contributed by atoms with Crippen LogP contribution in [0.4, 0.5) is 0 Å². The quantitative estimate of drug-likeness (QED) is 0.249. The summed E-state index contributed by atoms with van der Waals surface area (Å²) >= 11 is 0. The van der Waals surface area contributed by atoms with E-state index in [1.807, 2.05) is 0 Å². The Labute approximate surface area is 148 Å². The van der Waals surface area contributed by atoms with Crippen molar-refractivity contribution in [3.05, 3.63) is 0 Å². The Hall–Kier alpha value is 1.34. The normalized spacial score (nSPS) is 13.5. The summed E-state index contributed by atoms with van der Waals surface area (Å²) in [7, 11) is 9.01. The van der Waals surface area contributed by atoms with Crippen molar-refractivity contribution in [2.75, 3.05) is 61.0 Å². The van der Waals surface area contributed by atoms with E-state index in [0.29, 0.717) is 6.10 Å². The van der Waals surface area contributed by atoms with E-state index in [1.165, 1.54) is 0 Å². The fourth-order valence-corrected chi connectivity index (χ4v) is 1.54. The molecule has 0 aliphatic carbocycles. The van der Waals surface area contributed by atoms with E-state index in [2.05, 4.69) is 49.0 Å². The number of rotatable bonds is 8. The molecule has 5 heteroatoms. The first-order valence-corrected chi connectivity index (χ1v) is 6.48. The van der Waals surface area contributed by atoms with Crippen LogP contribution in [-0.2, 0) is 4.74 Å². The van der Waals surface area contributed by atoms with Gasteiger partial charge in [0.2, 0.25) is 0 Å². The fourth-order valence-electron chi connectivity index (χ4n) is 1.54. The Morgan fingerprint density at radius 3 is 1.72 bits per heavy atom. The van der Waals surface area contributed by atoms with E-state index in [9.17, 15) is 0 Å². The Balaban J connectivity index is -0.00000112. The molecule has 0 aromatic rings. The van der Waals surface area contributed by atoms with Crippen LogP contribution in [0.5, 0.6) is 0 Å². The number of quaternary nitrogens is 2. The van der Waals surface area contributed by atoms with Gasteiger partial charge in [-0.2, -0.15) is 0 Å². The van der Waals surface area contributed by atoms with Crippen LogP contribution >= 0.6 is 0 Å². The Morgan fingerprint density at radius 2 is 1.33 bits per heavy atom. The highest BCUT2D eigenvalue weighted by Gasteiger charge is 2.18. The van der Waals surface area contributed by atoms with Crippen LogP contribution in [0.25, 0.3) is 0 Å². The molecular formula is C13H32I2N2O. The topological polar surface area (TPSA) is 9.23 Å². The summed E-state index contributed by atoms with van der Waals surface area (Å²) in [6.45, 7) is 12.0. The van der Waals surface area contributed by atoms with Crippen LogP contribution in [-0.4, -0.2) is 76.0 Å². The molecule has 0 rings (SSSR count). The molecule has 0 aliphatic rings. The standard InChI is InChI=1S/C13H32N2O.2HI/c1-8-14(4,5)10-11-16-13(3)12-15(6,7)9-2;;/h13H,8-12H2,1-7H3;2*1H/q+2;;/p-2. The molecule has 0 saturated carbocycles. The van der Waals surface area contributed by atoms with Crippen molar-refractivity contribution in [3.8, 4) is 0 Å². The van der Waals surface area contributed by atoms with Crippen LogP contribution in [0.2, 0.25) is 0 Å². The number of ether oxygens (including phenoxy) is 1. The number of nitrogens with zero attached hydrogens (tertiary/aromatic N) is 2. The van der Waals surface area contributed by atoms with Crippen molar-refractivity contribution in [1.82, 2.24) is 0 Å². The third kappa shape index (κ3) is 12.4. The van der Waals surface area contributed by atoms with Gasteiger partial charge in [0, 0.05) is 0 Å². The zero-order valence-electron chi connectivity index (χ0n) is 13.2. The van der Waals surface area contributed by atoms with Gasteiger partial charge < -0.3 is 61.7 Å². The van der Waals surface area contributed by atoms with E-state index < -0.39 is 0 Å². The largest absolute Gasteiger partial charge is 1.00 e. The van der Waals surface area contributed by atoms with Crippen molar-refractivity contribution < 1.29 is 61.7 Å². The van der Waals surface area contributed by atoms with Crippen LogP contribution < -0.4 is 48.0 Å². The van der Waals surface area contributed by atoms with Gasteiger partial charge >= 0.3 is 0 Å². The van der Waals surface area contributed by atoms with Crippen LogP contribution in [0, 0.1) is 0 Å². The summed E-state index contributed by atoms with van der Waals surface area (Å²) in [5.74, 6) is 0. The van der Waals surface area contributed by atoms with Gasteiger partial charge in [0.05, 0.1) is 47.9 Å². The SMILES string of the molecule is CC[N+](C)(C)CCOC(C)C[N+](C)(C)CC.[I-].[I-]. The molecule has 1 atom stereocenters. The lowest BCUT2D eigenvalue weighted by Gasteiger charge is -2.32. The monoisotopic (exact) mass is 486 g/mol. The van der Waals surface area contributed by atoms with E-state index in [4.69, 9.17) is 4.74 Å². The average molecular weight is 486 g/mol. The molecule has 0 aromatic carbocycles. The van der Waals surface area contributed by atoms with Gasteiger partial charge in [-0.05, 0) is 20.8 Å². The lowest BCUT2D eigenvalue weighted by Crippen LogP contribution is -3.00. The maximum absolute atomic E-state index is 5.89. The molecule has 0 fully saturated rings. The lowest BCUT2D eigenvalue weighted by atomic mass is 10.3. The molecule has 0 aliphatic heterocycles. The maximum atomic E-state index is 5.89. The van der Waals surface area contributed by atoms with E-state index in [0.717, 1.165) is 41.8 Å². The van der Waals surface area contributed by atoms with Gasteiger partial charge in [-0.25, -0.2) is 0 Å². The maximum Gasteiger partial charge on any atom is 0.105 e. The van der Waals surface area contributed by atoms with Crippen molar-refractivity contribution in [1.29, 1.82) is 0 Å². The Morgan fingerprint density at radius 1 is 0.889 bits per heavy atom. The number of hydrogen-bond donors (Lipinski definition) is 0. The van der Waals surface area contributed by atoms with Crippen molar-refractivity contribution >= 4 is 0 Å². The zero-order chi connectivity index (χ0) is 12.8. The molecule has 0 amide bonds. The fraction of sp³-hybridized carbons (Fsp3) is 1.00. The summed E-state index contributed by atoms with van der Waals surface area (Å²) in [5, 5.41) is 0. The first kappa shape index (κ1) is 24.4. The van der Waals surface area contributed by atoms with Crippen LogP contribution in [0.3, 0.4) is 0 Å². The molecule has 0 N–H and O–H groups in total. The first-order valence-electron chi connectivity index (χ1n) is 6.48.